The smallest absolute Gasteiger partial charge is 0.315 e. The Kier molecular flexibility index (Phi) is 5.11. The molecule has 1 unspecified atom stereocenters. The van der Waals surface area contributed by atoms with E-state index in [0.29, 0.717) is 19.0 Å². The summed E-state index contributed by atoms with van der Waals surface area (Å²) in [6.45, 7) is 4.92. The van der Waals surface area contributed by atoms with Crippen molar-refractivity contribution in [2.45, 2.75) is 25.8 Å². The Morgan fingerprint density at radius 3 is 3.00 bits per heavy atom. The lowest BCUT2D eigenvalue weighted by atomic mass is 10.1. The summed E-state index contributed by atoms with van der Waals surface area (Å²) in [6.07, 6.45) is 5.32. The Hall–Kier alpha value is -1.82. The van der Waals surface area contributed by atoms with Gasteiger partial charge in [-0.2, -0.15) is 0 Å². The molecular weight excluding hydrogens is 280 g/mol. The van der Waals surface area contributed by atoms with E-state index in [9.17, 15) is 4.79 Å². The molecule has 0 saturated carbocycles. The molecule has 2 aliphatic heterocycles. The maximum absolute atomic E-state index is 11.8. The average molecular weight is 304 g/mol. The molecule has 0 radical (unpaired) electrons. The van der Waals surface area contributed by atoms with Crippen molar-refractivity contribution >= 4 is 11.8 Å². The van der Waals surface area contributed by atoms with E-state index in [-0.39, 0.29) is 6.03 Å². The molecule has 1 atom stereocenters. The molecule has 0 spiro atoms. The molecule has 0 aromatic carbocycles. The van der Waals surface area contributed by atoms with Gasteiger partial charge >= 0.3 is 6.03 Å². The fourth-order valence-electron chi connectivity index (χ4n) is 2.92. The van der Waals surface area contributed by atoms with Gasteiger partial charge in [-0.3, -0.25) is 0 Å². The third kappa shape index (κ3) is 4.10. The van der Waals surface area contributed by atoms with Gasteiger partial charge in [0.2, 0.25) is 0 Å². The number of aromatic nitrogens is 1. The number of amides is 2. The first-order valence-corrected chi connectivity index (χ1v) is 8.10. The number of urea groups is 1. The van der Waals surface area contributed by atoms with E-state index >= 15 is 0 Å². The number of carbonyl (C=O) groups excluding carboxylic acids is 1. The second kappa shape index (κ2) is 7.45. The molecular formula is C16H24N4O2. The Morgan fingerprint density at radius 2 is 2.23 bits per heavy atom. The van der Waals surface area contributed by atoms with Crippen LogP contribution < -0.4 is 15.5 Å². The van der Waals surface area contributed by atoms with Crippen LogP contribution in [0.1, 0.15) is 24.8 Å². The third-order valence-corrected chi connectivity index (χ3v) is 4.27. The van der Waals surface area contributed by atoms with Crippen molar-refractivity contribution in [1.29, 1.82) is 0 Å². The van der Waals surface area contributed by atoms with E-state index in [1.807, 2.05) is 12.3 Å². The monoisotopic (exact) mass is 304 g/mol. The van der Waals surface area contributed by atoms with Crippen molar-refractivity contribution in [2.75, 3.05) is 37.7 Å². The summed E-state index contributed by atoms with van der Waals surface area (Å²) < 4.78 is 5.30. The van der Waals surface area contributed by atoms with E-state index < -0.39 is 0 Å². The van der Waals surface area contributed by atoms with Crippen LogP contribution in [0.15, 0.2) is 18.3 Å². The summed E-state index contributed by atoms with van der Waals surface area (Å²) in [5.41, 5.74) is 1.08. The molecule has 2 amide bonds. The van der Waals surface area contributed by atoms with Gasteiger partial charge in [0.25, 0.3) is 0 Å². The van der Waals surface area contributed by atoms with Crippen LogP contribution in [0.5, 0.6) is 0 Å². The van der Waals surface area contributed by atoms with Crippen LogP contribution >= 0.6 is 0 Å². The van der Waals surface area contributed by atoms with Crippen molar-refractivity contribution in [1.82, 2.24) is 15.6 Å². The molecule has 6 nitrogen and oxygen atoms in total. The second-order valence-corrected chi connectivity index (χ2v) is 6.01. The number of hydrogen-bond donors (Lipinski definition) is 2. The predicted octanol–water partition coefficient (Wildman–Crippen LogP) is 1.52. The van der Waals surface area contributed by atoms with Crippen LogP contribution in [0.3, 0.4) is 0 Å². The molecule has 3 rings (SSSR count). The number of carbonyl (C=O) groups is 1. The minimum atomic E-state index is -0.119. The van der Waals surface area contributed by atoms with E-state index in [1.54, 1.807) is 0 Å². The van der Waals surface area contributed by atoms with Crippen LogP contribution in [0.2, 0.25) is 0 Å². The van der Waals surface area contributed by atoms with Crippen molar-refractivity contribution in [2.24, 2.45) is 5.92 Å². The van der Waals surface area contributed by atoms with Crippen LogP contribution in [0.4, 0.5) is 10.6 Å². The minimum absolute atomic E-state index is 0.119. The van der Waals surface area contributed by atoms with Crippen LogP contribution in [0, 0.1) is 5.92 Å². The molecule has 0 bridgehead atoms. The van der Waals surface area contributed by atoms with Gasteiger partial charge in [-0.1, -0.05) is 0 Å². The molecule has 3 heterocycles. The van der Waals surface area contributed by atoms with Crippen LogP contribution in [-0.4, -0.2) is 43.9 Å². The zero-order valence-corrected chi connectivity index (χ0v) is 12.9. The fraction of sp³-hybridized carbons (Fsp3) is 0.625. The van der Waals surface area contributed by atoms with E-state index in [0.717, 1.165) is 44.1 Å². The minimum Gasteiger partial charge on any atom is -0.381 e. The van der Waals surface area contributed by atoms with E-state index in [2.05, 4.69) is 26.6 Å². The van der Waals surface area contributed by atoms with Gasteiger partial charge in [0, 0.05) is 44.9 Å². The predicted molar refractivity (Wildman–Crippen MR) is 84.8 cm³/mol. The van der Waals surface area contributed by atoms with Gasteiger partial charge < -0.3 is 20.3 Å². The first kappa shape index (κ1) is 15.1. The number of nitrogens with zero attached hydrogens (tertiary/aromatic N) is 2. The quantitative estimate of drug-likeness (QED) is 0.865. The topological polar surface area (TPSA) is 66.5 Å². The Labute approximate surface area is 131 Å². The van der Waals surface area contributed by atoms with Gasteiger partial charge in [0.05, 0.1) is 6.61 Å². The Morgan fingerprint density at radius 1 is 1.36 bits per heavy atom. The maximum Gasteiger partial charge on any atom is 0.315 e. The van der Waals surface area contributed by atoms with Crippen LogP contribution in [0.25, 0.3) is 0 Å². The van der Waals surface area contributed by atoms with Crippen molar-refractivity contribution < 1.29 is 9.53 Å². The lowest BCUT2D eigenvalue weighted by molar-refractivity contribution is 0.185. The highest BCUT2D eigenvalue weighted by molar-refractivity contribution is 5.73. The molecule has 1 aromatic rings. The highest BCUT2D eigenvalue weighted by Crippen LogP contribution is 2.18. The SMILES string of the molecule is O=C(NCc1ccnc(N2CCCC2)c1)NCC1CCOC1. The summed E-state index contributed by atoms with van der Waals surface area (Å²) in [7, 11) is 0. The van der Waals surface area contributed by atoms with Crippen molar-refractivity contribution in [3.8, 4) is 0 Å². The van der Waals surface area contributed by atoms with E-state index in [4.69, 9.17) is 4.74 Å². The number of anilines is 1. The number of rotatable bonds is 5. The van der Waals surface area contributed by atoms with Crippen molar-refractivity contribution in [3.63, 3.8) is 0 Å². The molecule has 2 fully saturated rings. The fourth-order valence-corrected chi connectivity index (χ4v) is 2.92. The average Bonchev–Trinajstić information content (AvgIpc) is 3.24. The normalized spacial score (nSPS) is 21.1. The first-order chi connectivity index (χ1) is 10.8. The largest absolute Gasteiger partial charge is 0.381 e. The summed E-state index contributed by atoms with van der Waals surface area (Å²) in [5.74, 6) is 1.47. The third-order valence-electron chi connectivity index (χ3n) is 4.27. The molecule has 2 saturated heterocycles. The number of nitrogens with one attached hydrogen (secondary N) is 2. The Balaban J connectivity index is 1.44. The standard InChI is InChI=1S/C16H24N4O2/c21-16(19-11-14-4-8-22-12-14)18-10-13-3-5-17-15(9-13)20-6-1-2-7-20/h3,5,9,14H,1-2,4,6-8,10-12H2,(H2,18,19,21). The van der Waals surface area contributed by atoms with Gasteiger partial charge in [-0.15, -0.1) is 0 Å². The molecule has 1 aromatic heterocycles. The zero-order chi connectivity index (χ0) is 15.2. The highest BCUT2D eigenvalue weighted by atomic mass is 16.5. The number of ether oxygens (including phenoxy) is 1. The van der Waals surface area contributed by atoms with Crippen LogP contribution in [-0.2, 0) is 11.3 Å². The summed E-state index contributed by atoms with van der Waals surface area (Å²) in [5, 5.41) is 5.81. The lowest BCUT2D eigenvalue weighted by Gasteiger charge is -2.17. The molecule has 0 aliphatic carbocycles. The number of pyridine rings is 1. The molecule has 2 N–H and O–H groups in total. The molecule has 2 aliphatic rings. The van der Waals surface area contributed by atoms with E-state index in [1.165, 1.54) is 12.8 Å². The molecule has 120 valence electrons. The van der Waals surface area contributed by atoms with Crippen molar-refractivity contribution in [3.05, 3.63) is 23.9 Å². The van der Waals surface area contributed by atoms with Gasteiger partial charge in [-0.25, -0.2) is 9.78 Å². The summed E-state index contributed by atoms with van der Waals surface area (Å²) in [4.78, 5) is 18.5. The van der Waals surface area contributed by atoms with Gasteiger partial charge in [0.15, 0.2) is 0 Å². The van der Waals surface area contributed by atoms with Gasteiger partial charge in [-0.05, 0) is 37.0 Å². The van der Waals surface area contributed by atoms with Gasteiger partial charge in [0.1, 0.15) is 5.82 Å². The summed E-state index contributed by atoms with van der Waals surface area (Å²) in [6, 6.07) is 3.90. The Bertz CT molecular complexity index is 497. The zero-order valence-electron chi connectivity index (χ0n) is 12.9. The molecule has 22 heavy (non-hydrogen) atoms. The first-order valence-electron chi connectivity index (χ1n) is 8.10. The maximum atomic E-state index is 11.8. The lowest BCUT2D eigenvalue weighted by Crippen LogP contribution is -2.38. The highest BCUT2D eigenvalue weighted by Gasteiger charge is 2.16. The molecule has 6 heteroatoms. The number of hydrogen-bond acceptors (Lipinski definition) is 4. The second-order valence-electron chi connectivity index (χ2n) is 6.01. The summed E-state index contributed by atoms with van der Waals surface area (Å²) >= 11 is 0.